The van der Waals surface area contributed by atoms with Gasteiger partial charge in [0, 0.05) is 88.8 Å². The summed E-state index contributed by atoms with van der Waals surface area (Å²) in [5.74, 6) is 0. The number of nitrogens with one attached hydrogen (secondary N) is 1. The summed E-state index contributed by atoms with van der Waals surface area (Å²) in [5, 5.41) is 13.6. The summed E-state index contributed by atoms with van der Waals surface area (Å²) in [4.78, 5) is 2.50. The average Bonchev–Trinajstić information content (AvgIpc) is 4.38. The van der Waals surface area contributed by atoms with Crippen molar-refractivity contribution in [1.29, 1.82) is 0 Å². The minimum Gasteiger partial charge on any atom is -0.355 e. The van der Waals surface area contributed by atoms with Gasteiger partial charge < -0.3 is 23.9 Å². The van der Waals surface area contributed by atoms with Crippen molar-refractivity contribution >= 4 is 105 Å². The summed E-state index contributed by atoms with van der Waals surface area (Å²) < 4.78 is 7.19. The van der Waals surface area contributed by atoms with Crippen LogP contribution in [0.25, 0.3) is 110 Å². The van der Waals surface area contributed by atoms with Gasteiger partial charge in [-0.05, 0) is 150 Å². The molecule has 1 aliphatic carbocycles. The largest absolute Gasteiger partial charge is 0.355 e. The van der Waals surface area contributed by atoms with E-state index in [-0.39, 0.29) is 0 Å². The molecule has 79 heavy (non-hydrogen) atoms. The molecule has 16 rings (SSSR count). The number of allylic oxidation sites excluding steroid dienone is 1. The van der Waals surface area contributed by atoms with Gasteiger partial charge in [0.2, 0.25) is 0 Å². The maximum atomic E-state index is 3.84. The van der Waals surface area contributed by atoms with Crippen LogP contribution < -0.4 is 10.2 Å². The van der Waals surface area contributed by atoms with E-state index in [2.05, 4.69) is 303 Å². The van der Waals surface area contributed by atoms with Crippen molar-refractivity contribution in [1.82, 2.24) is 13.7 Å². The van der Waals surface area contributed by atoms with E-state index in [0.717, 1.165) is 52.7 Å². The number of para-hydroxylation sites is 5. The van der Waals surface area contributed by atoms with Crippen molar-refractivity contribution in [3.8, 4) is 28.2 Å². The van der Waals surface area contributed by atoms with Crippen molar-refractivity contribution in [2.75, 3.05) is 10.2 Å². The Morgan fingerprint density at radius 1 is 0.316 bits per heavy atom. The van der Waals surface area contributed by atoms with Gasteiger partial charge in [-0.1, -0.05) is 164 Å². The lowest BCUT2D eigenvalue weighted by Crippen LogP contribution is -2.18. The lowest BCUT2D eigenvalue weighted by molar-refractivity contribution is 0.968. The molecule has 0 saturated heterocycles. The van der Waals surface area contributed by atoms with Gasteiger partial charge in [0.25, 0.3) is 0 Å². The molecule has 1 N–H and O–H groups in total. The number of fused-ring (bicyclic) bond motifs is 11. The molecular formula is C74H51N5. The third-order valence-electron chi connectivity index (χ3n) is 16.5. The Kier molecular flexibility index (Phi) is 10.3. The van der Waals surface area contributed by atoms with Crippen LogP contribution in [0.4, 0.5) is 22.7 Å². The fourth-order valence-electron chi connectivity index (χ4n) is 13.0. The number of benzene rings is 12. The molecule has 15 aromatic rings. The van der Waals surface area contributed by atoms with Gasteiger partial charge in [-0.3, -0.25) is 0 Å². The van der Waals surface area contributed by atoms with E-state index in [1.165, 1.54) is 104 Å². The highest BCUT2D eigenvalue weighted by molar-refractivity contribution is 6.14. The van der Waals surface area contributed by atoms with Gasteiger partial charge in [-0.2, -0.15) is 0 Å². The SMILES string of the molecule is C1=C(N(c2ccc3c(c2)c2ccccc2n3-c2ccccc2)c2ccc3c(c2)c2ccccc2n3-c2ccc(-c3cccc4c(Nc5ccc6c(c5)c5ccccc5n6-c5ccccc5)cccc34)cc2)c2ccccc2CC1. The lowest BCUT2D eigenvalue weighted by atomic mass is 9.93. The standard InChI is InChI=1S/C74H51N5/c1-3-20-52(21-4-1)77-69-32-12-9-25-61(69)64-46-51(38-43-72(64)77)75-67-31-17-29-59-57(28-16-30-60(59)67)50-36-39-54(40-37-50)79-71-34-14-11-27-63(71)66-48-56(42-45-74(66)79)76(68-35-15-19-49-18-7-8-24-58(49)68)55-41-44-73-65(47-55)62-26-10-13-33-70(62)78(73)53-22-5-2-6-23-53/h1-14,16-18,20-48,75H,15,19H2. The van der Waals surface area contributed by atoms with E-state index in [9.17, 15) is 0 Å². The highest BCUT2D eigenvalue weighted by Crippen LogP contribution is 2.45. The van der Waals surface area contributed by atoms with E-state index < -0.39 is 0 Å². The number of nitrogens with zero attached hydrogens (tertiary/aromatic N) is 4. The molecule has 1 aliphatic rings. The maximum Gasteiger partial charge on any atom is 0.0542 e. The quantitative estimate of drug-likeness (QED) is 0.156. The van der Waals surface area contributed by atoms with Crippen molar-refractivity contribution < 1.29 is 0 Å². The molecular weight excluding hydrogens is 959 g/mol. The molecule has 3 heterocycles. The number of hydrogen-bond acceptors (Lipinski definition) is 2. The van der Waals surface area contributed by atoms with Crippen molar-refractivity contribution in [2.45, 2.75) is 12.8 Å². The van der Waals surface area contributed by atoms with Crippen LogP contribution in [-0.2, 0) is 6.42 Å². The van der Waals surface area contributed by atoms with Crippen LogP contribution in [0.2, 0.25) is 0 Å². The molecule has 0 bridgehead atoms. The summed E-state index contributed by atoms with van der Waals surface area (Å²) in [6.07, 6.45) is 4.45. The Labute approximate surface area is 457 Å². The van der Waals surface area contributed by atoms with Crippen LogP contribution in [0.1, 0.15) is 17.5 Å². The Bertz CT molecular complexity index is 4920. The normalized spacial score (nSPS) is 12.5. The fourth-order valence-corrected chi connectivity index (χ4v) is 13.0. The van der Waals surface area contributed by atoms with Crippen LogP contribution in [0, 0.1) is 0 Å². The highest BCUT2D eigenvalue weighted by atomic mass is 15.2. The first-order valence-corrected chi connectivity index (χ1v) is 27.4. The third kappa shape index (κ3) is 7.24. The zero-order chi connectivity index (χ0) is 52.0. The zero-order valence-corrected chi connectivity index (χ0v) is 43.3. The van der Waals surface area contributed by atoms with Gasteiger partial charge in [0.05, 0.1) is 33.1 Å². The van der Waals surface area contributed by atoms with Crippen molar-refractivity contribution in [3.05, 3.63) is 290 Å². The molecule has 0 unspecified atom stereocenters. The molecule has 12 aromatic carbocycles. The van der Waals surface area contributed by atoms with Crippen LogP contribution in [0.15, 0.2) is 279 Å². The van der Waals surface area contributed by atoms with E-state index in [1.54, 1.807) is 0 Å². The van der Waals surface area contributed by atoms with Gasteiger partial charge in [0.15, 0.2) is 0 Å². The number of aromatic nitrogens is 3. The maximum absolute atomic E-state index is 3.84. The molecule has 3 aromatic heterocycles. The minimum absolute atomic E-state index is 0.979. The molecule has 0 spiro atoms. The van der Waals surface area contributed by atoms with Crippen LogP contribution in [0.5, 0.6) is 0 Å². The topological polar surface area (TPSA) is 30.1 Å². The smallest absolute Gasteiger partial charge is 0.0542 e. The molecule has 372 valence electrons. The molecule has 5 nitrogen and oxygen atoms in total. The first-order valence-electron chi connectivity index (χ1n) is 27.4. The predicted molar refractivity (Wildman–Crippen MR) is 333 cm³/mol. The van der Waals surface area contributed by atoms with E-state index in [4.69, 9.17) is 0 Å². The van der Waals surface area contributed by atoms with Crippen LogP contribution in [0.3, 0.4) is 0 Å². The number of anilines is 4. The molecule has 0 saturated carbocycles. The monoisotopic (exact) mass is 1010 g/mol. The van der Waals surface area contributed by atoms with Gasteiger partial charge in [-0.25, -0.2) is 0 Å². The second kappa shape index (κ2) is 18.2. The molecule has 0 radical (unpaired) electrons. The lowest BCUT2D eigenvalue weighted by Gasteiger charge is -2.31. The number of hydrogen-bond donors (Lipinski definition) is 1. The Hall–Kier alpha value is -10.4. The van der Waals surface area contributed by atoms with Gasteiger partial charge >= 0.3 is 0 Å². The molecule has 0 atom stereocenters. The Morgan fingerprint density at radius 3 is 1.38 bits per heavy atom. The van der Waals surface area contributed by atoms with Gasteiger partial charge in [-0.15, -0.1) is 0 Å². The van der Waals surface area contributed by atoms with Crippen molar-refractivity contribution in [2.24, 2.45) is 0 Å². The average molecular weight is 1010 g/mol. The molecule has 5 heteroatoms. The summed E-state index contributed by atoms with van der Waals surface area (Å²) in [6, 6.07) is 99.9. The fraction of sp³-hybridized carbons (Fsp3) is 0.0270. The van der Waals surface area contributed by atoms with Gasteiger partial charge in [0.1, 0.15) is 0 Å². The zero-order valence-electron chi connectivity index (χ0n) is 43.3. The number of aryl methyl sites for hydroxylation is 1. The first kappa shape index (κ1) is 44.9. The summed E-state index contributed by atoms with van der Waals surface area (Å²) in [7, 11) is 0. The first-order chi connectivity index (χ1) is 39.2. The Balaban J connectivity index is 0.774. The molecule has 0 aliphatic heterocycles. The summed E-state index contributed by atoms with van der Waals surface area (Å²) >= 11 is 0. The number of rotatable bonds is 9. The van der Waals surface area contributed by atoms with E-state index >= 15 is 0 Å². The predicted octanol–water partition coefficient (Wildman–Crippen LogP) is 19.7. The summed E-state index contributed by atoms with van der Waals surface area (Å²) in [5.41, 5.74) is 21.2. The summed E-state index contributed by atoms with van der Waals surface area (Å²) in [6.45, 7) is 0. The van der Waals surface area contributed by atoms with E-state index in [1.807, 2.05) is 0 Å². The highest BCUT2D eigenvalue weighted by Gasteiger charge is 2.25. The van der Waals surface area contributed by atoms with Crippen LogP contribution in [-0.4, -0.2) is 13.7 Å². The van der Waals surface area contributed by atoms with Crippen LogP contribution >= 0.6 is 0 Å². The molecule has 0 fully saturated rings. The molecule has 0 amide bonds. The van der Waals surface area contributed by atoms with E-state index in [0.29, 0.717) is 0 Å². The third-order valence-corrected chi connectivity index (χ3v) is 16.5. The van der Waals surface area contributed by atoms with Crippen molar-refractivity contribution in [3.63, 3.8) is 0 Å². The Morgan fingerprint density at radius 2 is 0.772 bits per heavy atom. The minimum atomic E-state index is 0.979. The second-order valence-electron chi connectivity index (χ2n) is 20.9. The second-order valence-corrected chi connectivity index (χ2v) is 20.9.